The number of esters is 1. The number of rotatable bonds is 5. The molecule has 6 heteroatoms. The van der Waals surface area contributed by atoms with Crippen LogP contribution in [0.2, 0.25) is 0 Å². The molecule has 18 heavy (non-hydrogen) atoms. The molecule has 0 bridgehead atoms. The molecular weight excluding hydrogens is 238 g/mol. The van der Waals surface area contributed by atoms with Crippen LogP contribution in [0.4, 0.5) is 5.69 Å². The molecular formula is C12H11NO5. The predicted molar refractivity (Wildman–Crippen MR) is 64.2 cm³/mol. The largest absolute Gasteiger partial charge is 0.463 e. The van der Waals surface area contributed by atoms with E-state index in [2.05, 4.69) is 4.74 Å². The van der Waals surface area contributed by atoms with E-state index in [-0.39, 0.29) is 17.9 Å². The van der Waals surface area contributed by atoms with Gasteiger partial charge in [-0.25, -0.2) is 4.79 Å². The quantitative estimate of drug-likeness (QED) is 0.262. The number of carbonyl (C=O) groups excluding carboxylic acids is 2. The lowest BCUT2D eigenvalue weighted by molar-refractivity contribution is -0.385. The molecule has 0 aliphatic rings. The topological polar surface area (TPSA) is 86.5 Å². The predicted octanol–water partition coefficient (Wildman–Crippen LogP) is 1.98. The van der Waals surface area contributed by atoms with E-state index in [4.69, 9.17) is 0 Å². The van der Waals surface area contributed by atoms with Crippen molar-refractivity contribution < 1.29 is 19.2 Å². The third-order valence-corrected chi connectivity index (χ3v) is 2.08. The molecule has 1 rings (SSSR count). The number of hydrogen-bond acceptors (Lipinski definition) is 5. The molecule has 6 nitrogen and oxygen atoms in total. The highest BCUT2D eigenvalue weighted by atomic mass is 16.6. The van der Waals surface area contributed by atoms with Gasteiger partial charge in [0, 0.05) is 12.1 Å². The summed E-state index contributed by atoms with van der Waals surface area (Å²) in [6.45, 7) is 1.93. The third kappa shape index (κ3) is 3.51. The van der Waals surface area contributed by atoms with Gasteiger partial charge in [0.05, 0.1) is 17.1 Å². The first-order chi connectivity index (χ1) is 8.58. The van der Waals surface area contributed by atoms with Crippen molar-refractivity contribution in [2.75, 3.05) is 6.61 Å². The highest BCUT2D eigenvalue weighted by Gasteiger charge is 2.12. The molecule has 1 aromatic rings. The highest BCUT2D eigenvalue weighted by Crippen LogP contribution is 2.19. The Bertz CT molecular complexity index is 507. The summed E-state index contributed by atoms with van der Waals surface area (Å²) in [6.07, 6.45) is 2.97. The summed E-state index contributed by atoms with van der Waals surface area (Å²) >= 11 is 0. The summed E-state index contributed by atoms with van der Waals surface area (Å²) < 4.78 is 4.67. The van der Waals surface area contributed by atoms with Gasteiger partial charge in [-0.3, -0.25) is 14.9 Å². The molecule has 0 radical (unpaired) electrons. The fraction of sp³-hybridized carbons (Fsp3) is 0.167. The van der Waals surface area contributed by atoms with Crippen molar-refractivity contribution in [1.29, 1.82) is 0 Å². The Morgan fingerprint density at radius 2 is 2.22 bits per heavy atom. The van der Waals surface area contributed by atoms with Crippen LogP contribution < -0.4 is 0 Å². The van der Waals surface area contributed by atoms with Gasteiger partial charge in [0.15, 0.2) is 6.29 Å². The van der Waals surface area contributed by atoms with Crippen molar-refractivity contribution in [2.24, 2.45) is 0 Å². The monoisotopic (exact) mass is 249 g/mol. The lowest BCUT2D eigenvalue weighted by atomic mass is 10.1. The van der Waals surface area contributed by atoms with E-state index in [1.165, 1.54) is 30.4 Å². The molecule has 0 aliphatic carbocycles. The summed E-state index contributed by atoms with van der Waals surface area (Å²) in [7, 11) is 0. The highest BCUT2D eigenvalue weighted by molar-refractivity contribution is 5.88. The van der Waals surface area contributed by atoms with Gasteiger partial charge in [-0.15, -0.1) is 0 Å². The number of benzene rings is 1. The molecule has 0 saturated heterocycles. The number of hydrogen-bond donors (Lipinski definition) is 0. The van der Waals surface area contributed by atoms with Crippen LogP contribution in [0.5, 0.6) is 0 Å². The number of carbonyl (C=O) groups is 2. The molecule has 0 aliphatic heterocycles. The average Bonchev–Trinajstić information content (AvgIpc) is 2.36. The van der Waals surface area contributed by atoms with Crippen molar-refractivity contribution in [2.45, 2.75) is 6.92 Å². The number of nitro groups is 1. The number of nitro benzene ring substituents is 1. The van der Waals surface area contributed by atoms with Crippen LogP contribution in [-0.2, 0) is 9.53 Å². The van der Waals surface area contributed by atoms with Crippen LogP contribution in [0.1, 0.15) is 22.8 Å². The molecule has 1 aromatic carbocycles. The molecule has 0 atom stereocenters. The second kappa shape index (κ2) is 6.29. The van der Waals surface area contributed by atoms with Crippen molar-refractivity contribution in [3.63, 3.8) is 0 Å². The van der Waals surface area contributed by atoms with Crippen LogP contribution in [-0.4, -0.2) is 23.8 Å². The van der Waals surface area contributed by atoms with Gasteiger partial charge >= 0.3 is 5.97 Å². The zero-order valence-electron chi connectivity index (χ0n) is 9.66. The number of nitrogens with zero attached hydrogens (tertiary/aromatic N) is 1. The van der Waals surface area contributed by atoms with Crippen LogP contribution >= 0.6 is 0 Å². The summed E-state index contributed by atoms with van der Waals surface area (Å²) in [6, 6.07) is 4.06. The van der Waals surface area contributed by atoms with E-state index >= 15 is 0 Å². The molecule has 0 fully saturated rings. The second-order valence-corrected chi connectivity index (χ2v) is 3.28. The summed E-state index contributed by atoms with van der Waals surface area (Å²) in [5.74, 6) is -0.528. The van der Waals surface area contributed by atoms with Gasteiger partial charge in [0.2, 0.25) is 0 Å². The number of aldehydes is 1. The van der Waals surface area contributed by atoms with Crippen LogP contribution in [0.3, 0.4) is 0 Å². The van der Waals surface area contributed by atoms with Gasteiger partial charge in [0.1, 0.15) is 0 Å². The smallest absolute Gasteiger partial charge is 0.330 e. The Hall–Kier alpha value is -2.50. The maximum atomic E-state index is 11.1. The van der Waals surface area contributed by atoms with Crippen molar-refractivity contribution in [3.8, 4) is 0 Å². The molecule has 0 saturated carbocycles. The van der Waals surface area contributed by atoms with E-state index in [9.17, 15) is 19.7 Å². The van der Waals surface area contributed by atoms with Gasteiger partial charge in [-0.05, 0) is 24.6 Å². The molecule has 0 spiro atoms. The van der Waals surface area contributed by atoms with Crippen LogP contribution in [0.25, 0.3) is 6.08 Å². The van der Waals surface area contributed by atoms with E-state index in [0.717, 1.165) is 0 Å². The summed E-state index contributed by atoms with van der Waals surface area (Å²) in [5.41, 5.74) is 0.143. The minimum absolute atomic E-state index is 0.00622. The van der Waals surface area contributed by atoms with Gasteiger partial charge in [-0.2, -0.15) is 0 Å². The zero-order chi connectivity index (χ0) is 13.5. The average molecular weight is 249 g/mol. The van der Waals surface area contributed by atoms with Crippen LogP contribution in [0, 0.1) is 10.1 Å². The second-order valence-electron chi connectivity index (χ2n) is 3.28. The first-order valence-corrected chi connectivity index (χ1v) is 5.17. The molecule has 0 heterocycles. The van der Waals surface area contributed by atoms with Gasteiger partial charge < -0.3 is 4.74 Å². The first kappa shape index (κ1) is 13.6. The minimum atomic E-state index is -0.647. The molecule has 0 amide bonds. The Morgan fingerprint density at radius 1 is 1.50 bits per heavy atom. The van der Waals surface area contributed by atoms with E-state index < -0.39 is 10.9 Å². The normalized spacial score (nSPS) is 10.3. The fourth-order valence-corrected chi connectivity index (χ4v) is 1.28. The number of ether oxygens (including phenoxy) is 1. The SMILES string of the molecule is CCOC(=O)/C=C/c1ccc(C=O)c([N+](=O)[O-])c1. The van der Waals surface area contributed by atoms with Crippen LogP contribution in [0.15, 0.2) is 24.3 Å². The Labute approximate surface area is 103 Å². The summed E-state index contributed by atoms with van der Waals surface area (Å²) in [5, 5.41) is 10.7. The molecule has 0 N–H and O–H groups in total. The zero-order valence-corrected chi connectivity index (χ0v) is 9.66. The van der Waals surface area contributed by atoms with Gasteiger partial charge in [0.25, 0.3) is 5.69 Å². The van der Waals surface area contributed by atoms with Crippen molar-refractivity contribution >= 4 is 24.0 Å². The van der Waals surface area contributed by atoms with Gasteiger partial charge in [-0.1, -0.05) is 6.07 Å². The third-order valence-electron chi connectivity index (χ3n) is 2.08. The minimum Gasteiger partial charge on any atom is -0.463 e. The maximum absolute atomic E-state index is 11.1. The lowest BCUT2D eigenvalue weighted by Gasteiger charge is -1.98. The first-order valence-electron chi connectivity index (χ1n) is 5.17. The van der Waals surface area contributed by atoms with E-state index in [0.29, 0.717) is 11.8 Å². The standard InChI is InChI=1S/C12H11NO5/c1-2-18-12(15)6-4-9-3-5-10(8-14)11(7-9)13(16)17/h3-8H,2H2,1H3/b6-4+. The Balaban J connectivity index is 2.98. The molecule has 0 aromatic heterocycles. The lowest BCUT2D eigenvalue weighted by Crippen LogP contribution is -1.99. The molecule has 94 valence electrons. The summed E-state index contributed by atoms with van der Waals surface area (Å²) in [4.78, 5) is 31.7. The Morgan fingerprint density at radius 3 is 2.78 bits per heavy atom. The maximum Gasteiger partial charge on any atom is 0.330 e. The Kier molecular flexibility index (Phi) is 4.74. The molecule has 0 unspecified atom stereocenters. The van der Waals surface area contributed by atoms with Crippen molar-refractivity contribution in [3.05, 3.63) is 45.5 Å². The van der Waals surface area contributed by atoms with Crippen molar-refractivity contribution in [1.82, 2.24) is 0 Å². The van der Waals surface area contributed by atoms with E-state index in [1.54, 1.807) is 6.92 Å². The van der Waals surface area contributed by atoms with E-state index in [1.807, 2.05) is 0 Å². The fourth-order valence-electron chi connectivity index (χ4n) is 1.28.